The Labute approximate surface area is 73.7 Å². The largest absolute Gasteiger partial charge is 0.244 e. The van der Waals surface area contributed by atoms with Crippen LogP contribution in [0.4, 0.5) is 0 Å². The van der Waals surface area contributed by atoms with Gasteiger partial charge in [0.15, 0.2) is 0 Å². The first-order valence-corrected chi connectivity index (χ1v) is 3.91. The van der Waals surface area contributed by atoms with Crippen molar-refractivity contribution in [2.75, 3.05) is 0 Å². The monoisotopic (exact) mass is 162 g/mol. The van der Waals surface area contributed by atoms with E-state index in [9.17, 15) is 0 Å². The minimum absolute atomic E-state index is 0.848. The summed E-state index contributed by atoms with van der Waals surface area (Å²) in [5, 5.41) is 0. The van der Waals surface area contributed by atoms with Gasteiger partial charge in [-0.1, -0.05) is 33.1 Å². The molecule has 0 spiro atoms. The summed E-state index contributed by atoms with van der Waals surface area (Å²) in [5.41, 5.74) is 1.76. The van der Waals surface area contributed by atoms with Crippen LogP contribution in [0.25, 0.3) is 5.57 Å². The van der Waals surface area contributed by atoms with Gasteiger partial charge in [0.05, 0.1) is 0 Å². The predicted molar refractivity (Wildman–Crippen MR) is 52.6 cm³/mol. The Hall–Kier alpha value is -1.44. The minimum atomic E-state index is 0.848. The molecule has 0 saturated heterocycles. The van der Waals surface area contributed by atoms with Gasteiger partial charge in [-0.3, -0.25) is 0 Å². The van der Waals surface area contributed by atoms with Crippen LogP contribution in [0.5, 0.6) is 0 Å². The number of rotatable bonds is 2. The first-order chi connectivity index (χ1) is 5.84. The average molecular weight is 162 g/mol. The highest BCUT2D eigenvalue weighted by Crippen LogP contribution is 2.08. The average Bonchev–Trinajstić information content (AvgIpc) is 2.21. The zero-order chi connectivity index (χ0) is 9.40. The van der Waals surface area contributed by atoms with E-state index in [0.717, 1.165) is 11.1 Å². The van der Waals surface area contributed by atoms with Gasteiger partial charge < -0.3 is 0 Å². The highest BCUT2D eigenvalue weighted by Gasteiger charge is 1.90. The third kappa shape index (κ3) is 3.10. The van der Waals surface area contributed by atoms with Gasteiger partial charge in [0.25, 0.3) is 0 Å². The lowest BCUT2D eigenvalue weighted by Gasteiger charge is -1.94. The number of aromatic nitrogens is 2. The molecule has 0 radical (unpaired) electrons. The van der Waals surface area contributed by atoms with Gasteiger partial charge in [-0.05, 0) is 5.57 Å². The molecule has 0 unspecified atom stereocenters. The van der Waals surface area contributed by atoms with Crippen molar-refractivity contribution in [3.63, 3.8) is 0 Å². The van der Waals surface area contributed by atoms with Crippen LogP contribution in [0, 0.1) is 0 Å². The Bertz CT molecular complexity index is 239. The summed E-state index contributed by atoms with van der Waals surface area (Å²) in [6, 6.07) is 0. The van der Waals surface area contributed by atoms with Crippen molar-refractivity contribution in [1.82, 2.24) is 9.97 Å². The molecule has 1 aromatic heterocycles. The van der Waals surface area contributed by atoms with Gasteiger partial charge in [0.2, 0.25) is 0 Å². The summed E-state index contributed by atoms with van der Waals surface area (Å²) in [7, 11) is 0. The standard InChI is InChI=1S/C8H8N2.C2H6/c1-3-7(2)8-4-9-6-10-5-8;1-2/h3-6H,1-2H2;1-2H3. The fourth-order valence-electron chi connectivity index (χ4n) is 0.583. The fourth-order valence-corrected chi connectivity index (χ4v) is 0.583. The second kappa shape index (κ2) is 6.28. The third-order valence-corrected chi connectivity index (χ3v) is 1.18. The van der Waals surface area contributed by atoms with Crippen molar-refractivity contribution in [2.45, 2.75) is 13.8 Å². The van der Waals surface area contributed by atoms with Crippen LogP contribution in [-0.2, 0) is 0 Å². The van der Waals surface area contributed by atoms with Crippen molar-refractivity contribution in [3.05, 3.63) is 43.5 Å². The van der Waals surface area contributed by atoms with E-state index in [1.54, 1.807) is 18.5 Å². The van der Waals surface area contributed by atoms with Crippen LogP contribution in [-0.4, -0.2) is 9.97 Å². The minimum Gasteiger partial charge on any atom is -0.244 e. The smallest absolute Gasteiger partial charge is 0.115 e. The summed E-state index contributed by atoms with van der Waals surface area (Å²) < 4.78 is 0. The lowest BCUT2D eigenvalue weighted by Crippen LogP contribution is -1.82. The highest BCUT2D eigenvalue weighted by molar-refractivity contribution is 5.69. The number of hydrogen-bond acceptors (Lipinski definition) is 2. The van der Waals surface area contributed by atoms with Gasteiger partial charge in [-0.25, -0.2) is 9.97 Å². The van der Waals surface area contributed by atoms with E-state index < -0.39 is 0 Å². The molecule has 0 fully saturated rings. The van der Waals surface area contributed by atoms with Crippen LogP contribution < -0.4 is 0 Å². The summed E-state index contributed by atoms with van der Waals surface area (Å²) in [4.78, 5) is 7.67. The molecule has 64 valence electrons. The van der Waals surface area contributed by atoms with E-state index in [1.807, 2.05) is 13.8 Å². The Morgan fingerprint density at radius 3 is 2.25 bits per heavy atom. The van der Waals surface area contributed by atoms with Crippen LogP contribution in [0.3, 0.4) is 0 Å². The maximum Gasteiger partial charge on any atom is 0.115 e. The molecule has 2 heteroatoms. The Balaban J connectivity index is 0.000000561. The molecule has 2 nitrogen and oxygen atoms in total. The molecule has 0 bridgehead atoms. The number of hydrogen-bond donors (Lipinski definition) is 0. The second-order valence-corrected chi connectivity index (χ2v) is 1.86. The SMILES string of the molecule is C=CC(=C)c1cncnc1.CC. The first-order valence-electron chi connectivity index (χ1n) is 3.91. The molecule has 0 atom stereocenters. The molecule has 0 aliphatic heterocycles. The molecule has 1 rings (SSSR count). The Kier molecular flexibility index (Phi) is 5.53. The normalized spacial score (nSPS) is 7.83. The number of nitrogens with zero attached hydrogens (tertiary/aromatic N) is 2. The zero-order valence-electron chi connectivity index (χ0n) is 7.62. The maximum atomic E-state index is 3.83. The van der Waals surface area contributed by atoms with Gasteiger partial charge in [0, 0.05) is 18.0 Å². The number of allylic oxidation sites excluding steroid dienone is 2. The Morgan fingerprint density at radius 1 is 1.33 bits per heavy atom. The van der Waals surface area contributed by atoms with Crippen LogP contribution in [0.15, 0.2) is 38.0 Å². The van der Waals surface area contributed by atoms with Gasteiger partial charge in [-0.15, -0.1) is 0 Å². The van der Waals surface area contributed by atoms with Gasteiger partial charge in [0.1, 0.15) is 6.33 Å². The van der Waals surface area contributed by atoms with E-state index in [1.165, 1.54) is 6.33 Å². The van der Waals surface area contributed by atoms with Crippen molar-refractivity contribution >= 4 is 5.57 Å². The van der Waals surface area contributed by atoms with Gasteiger partial charge in [-0.2, -0.15) is 0 Å². The molecule has 0 aliphatic carbocycles. The highest BCUT2D eigenvalue weighted by atomic mass is 14.8. The van der Waals surface area contributed by atoms with Crippen molar-refractivity contribution in [3.8, 4) is 0 Å². The summed E-state index contributed by atoms with van der Waals surface area (Å²) in [5.74, 6) is 0. The maximum absolute atomic E-state index is 3.83. The summed E-state index contributed by atoms with van der Waals surface area (Å²) in [6.07, 6.45) is 6.58. The topological polar surface area (TPSA) is 25.8 Å². The molecular weight excluding hydrogens is 148 g/mol. The quantitative estimate of drug-likeness (QED) is 0.625. The Morgan fingerprint density at radius 2 is 1.83 bits per heavy atom. The molecule has 0 amide bonds. The zero-order valence-corrected chi connectivity index (χ0v) is 7.62. The fraction of sp³-hybridized carbons (Fsp3) is 0.200. The molecular formula is C10H14N2. The second-order valence-electron chi connectivity index (χ2n) is 1.86. The molecule has 0 aliphatic rings. The summed E-state index contributed by atoms with van der Waals surface area (Å²) in [6.45, 7) is 11.3. The molecule has 0 aromatic carbocycles. The lowest BCUT2D eigenvalue weighted by molar-refractivity contribution is 1.15. The summed E-state index contributed by atoms with van der Waals surface area (Å²) >= 11 is 0. The predicted octanol–water partition coefficient (Wildman–Crippen LogP) is 2.70. The van der Waals surface area contributed by atoms with Crippen molar-refractivity contribution < 1.29 is 0 Å². The van der Waals surface area contributed by atoms with Crippen molar-refractivity contribution in [1.29, 1.82) is 0 Å². The van der Waals surface area contributed by atoms with Crippen LogP contribution in [0.1, 0.15) is 19.4 Å². The van der Waals surface area contributed by atoms with E-state index in [4.69, 9.17) is 0 Å². The molecule has 12 heavy (non-hydrogen) atoms. The van der Waals surface area contributed by atoms with Crippen LogP contribution in [0.2, 0.25) is 0 Å². The molecule has 1 heterocycles. The molecule has 0 N–H and O–H groups in total. The van der Waals surface area contributed by atoms with E-state index >= 15 is 0 Å². The lowest BCUT2D eigenvalue weighted by atomic mass is 10.2. The van der Waals surface area contributed by atoms with Crippen LogP contribution >= 0.6 is 0 Å². The third-order valence-electron chi connectivity index (χ3n) is 1.18. The van der Waals surface area contributed by atoms with Crippen molar-refractivity contribution in [2.24, 2.45) is 0 Å². The van der Waals surface area contributed by atoms with E-state index in [0.29, 0.717) is 0 Å². The van der Waals surface area contributed by atoms with E-state index in [2.05, 4.69) is 23.1 Å². The van der Waals surface area contributed by atoms with Gasteiger partial charge >= 0.3 is 0 Å². The molecule has 1 aromatic rings. The molecule has 0 saturated carbocycles. The first kappa shape index (κ1) is 10.6. The van der Waals surface area contributed by atoms with E-state index in [-0.39, 0.29) is 0 Å².